The molecule has 0 aromatic rings. The minimum absolute atomic E-state index is 0.134. The molecule has 0 aromatic heterocycles. The normalized spacial score (nSPS) is 26.0. The molecule has 1 saturated carbocycles. The van der Waals surface area contributed by atoms with E-state index < -0.39 is 21.2 Å². The number of methoxy groups -OCH3 is 1. The molecule has 1 unspecified atom stereocenters. The number of aliphatic carboxylic acids is 1. The van der Waals surface area contributed by atoms with E-state index in [0.29, 0.717) is 38.7 Å². The number of carboxylic acids is 1. The Hall–Kier alpha value is -0.660. The fourth-order valence-corrected chi connectivity index (χ4v) is 3.58. The molecule has 0 saturated heterocycles. The van der Waals surface area contributed by atoms with Crippen molar-refractivity contribution in [3.63, 3.8) is 0 Å². The highest BCUT2D eigenvalue weighted by molar-refractivity contribution is 7.90. The van der Waals surface area contributed by atoms with Gasteiger partial charge in [-0.1, -0.05) is 0 Å². The molecule has 1 aliphatic rings. The number of hydrogen-bond acceptors (Lipinski definition) is 4. The van der Waals surface area contributed by atoms with Crippen LogP contribution in [0.2, 0.25) is 0 Å². The maximum absolute atomic E-state index is 12.0. The van der Waals surface area contributed by atoms with E-state index in [4.69, 9.17) is 9.84 Å². The fraction of sp³-hybridized carbons (Fsp3) is 0.917. The highest BCUT2D eigenvalue weighted by Gasteiger charge is 2.30. The molecule has 0 heterocycles. The van der Waals surface area contributed by atoms with E-state index >= 15 is 0 Å². The van der Waals surface area contributed by atoms with Crippen LogP contribution in [0.25, 0.3) is 0 Å². The average molecular weight is 293 g/mol. The third kappa shape index (κ3) is 5.08. The van der Waals surface area contributed by atoms with Crippen molar-refractivity contribution < 1.29 is 23.1 Å². The Labute approximate surface area is 114 Å². The first-order valence-electron chi connectivity index (χ1n) is 6.59. The average Bonchev–Trinajstić information content (AvgIpc) is 2.36. The van der Waals surface area contributed by atoms with Gasteiger partial charge in [0.1, 0.15) is 0 Å². The smallest absolute Gasteiger partial charge is 0.306 e. The summed E-state index contributed by atoms with van der Waals surface area (Å²) in [7, 11) is -1.81. The zero-order valence-corrected chi connectivity index (χ0v) is 12.3. The van der Waals surface area contributed by atoms with Gasteiger partial charge in [-0.3, -0.25) is 4.79 Å². The molecule has 0 aliphatic heterocycles. The van der Waals surface area contributed by atoms with Crippen LogP contribution in [0.15, 0.2) is 0 Å². The van der Waals surface area contributed by atoms with Gasteiger partial charge in [0.15, 0.2) is 0 Å². The topological polar surface area (TPSA) is 92.7 Å². The first-order valence-corrected chi connectivity index (χ1v) is 8.14. The Kier molecular flexibility index (Phi) is 6.22. The highest BCUT2D eigenvalue weighted by Crippen LogP contribution is 2.25. The molecule has 1 fully saturated rings. The van der Waals surface area contributed by atoms with Gasteiger partial charge in [-0.15, -0.1) is 0 Å². The Balaban J connectivity index is 2.45. The molecule has 0 spiro atoms. The van der Waals surface area contributed by atoms with E-state index in [1.807, 2.05) is 0 Å². The molecule has 0 aromatic carbocycles. The molecule has 7 heteroatoms. The Morgan fingerprint density at radius 1 is 1.37 bits per heavy atom. The molecule has 6 nitrogen and oxygen atoms in total. The summed E-state index contributed by atoms with van der Waals surface area (Å²) < 4.78 is 31.6. The van der Waals surface area contributed by atoms with Gasteiger partial charge in [0.05, 0.1) is 11.2 Å². The lowest BCUT2D eigenvalue weighted by Gasteiger charge is -2.27. The Morgan fingerprint density at radius 3 is 2.42 bits per heavy atom. The van der Waals surface area contributed by atoms with Gasteiger partial charge in [-0.2, -0.15) is 0 Å². The minimum atomic E-state index is -3.35. The van der Waals surface area contributed by atoms with Crippen molar-refractivity contribution in [3.05, 3.63) is 0 Å². The number of carbonyl (C=O) groups is 1. The summed E-state index contributed by atoms with van der Waals surface area (Å²) in [4.78, 5) is 10.8. The van der Waals surface area contributed by atoms with Crippen LogP contribution in [0.3, 0.4) is 0 Å². The molecule has 0 radical (unpaired) electrons. The summed E-state index contributed by atoms with van der Waals surface area (Å²) in [6, 6.07) is -0.134. The molecule has 112 valence electrons. The lowest BCUT2D eigenvalue weighted by Crippen LogP contribution is -2.42. The molecular formula is C12H23NO5S. The molecule has 19 heavy (non-hydrogen) atoms. The molecule has 0 bridgehead atoms. The first-order chi connectivity index (χ1) is 8.86. The quantitative estimate of drug-likeness (QED) is 0.729. The SMILES string of the molecule is COCCC(C)S(=O)(=O)NC1CCC(C(=O)O)CC1. The molecule has 0 amide bonds. The van der Waals surface area contributed by atoms with Crippen LogP contribution in [0.4, 0.5) is 0 Å². The van der Waals surface area contributed by atoms with E-state index in [1.165, 1.54) is 0 Å². The first kappa shape index (κ1) is 16.4. The van der Waals surface area contributed by atoms with E-state index in [9.17, 15) is 13.2 Å². The van der Waals surface area contributed by atoms with Crippen molar-refractivity contribution in [1.82, 2.24) is 4.72 Å². The summed E-state index contributed by atoms with van der Waals surface area (Å²) in [5.41, 5.74) is 0. The summed E-state index contributed by atoms with van der Waals surface area (Å²) in [6.45, 7) is 2.07. The second kappa shape index (κ2) is 7.21. The number of carboxylic acid groups (broad SMARTS) is 1. The van der Waals surface area contributed by atoms with E-state index in [-0.39, 0.29) is 12.0 Å². The van der Waals surface area contributed by atoms with E-state index in [2.05, 4.69) is 4.72 Å². The summed E-state index contributed by atoms with van der Waals surface area (Å²) in [6.07, 6.45) is 2.71. The van der Waals surface area contributed by atoms with Crippen LogP contribution < -0.4 is 4.72 Å². The third-order valence-corrected chi connectivity index (χ3v) is 5.62. The van der Waals surface area contributed by atoms with Gasteiger partial charge in [-0.05, 0) is 39.0 Å². The van der Waals surface area contributed by atoms with Crippen molar-refractivity contribution in [2.75, 3.05) is 13.7 Å². The number of rotatable bonds is 7. The Morgan fingerprint density at radius 2 is 1.95 bits per heavy atom. The minimum Gasteiger partial charge on any atom is -0.481 e. The maximum Gasteiger partial charge on any atom is 0.306 e. The van der Waals surface area contributed by atoms with Gasteiger partial charge < -0.3 is 9.84 Å². The molecule has 1 atom stereocenters. The number of hydrogen-bond donors (Lipinski definition) is 2. The summed E-state index contributed by atoms with van der Waals surface area (Å²) in [5, 5.41) is 8.39. The van der Waals surface area contributed by atoms with Crippen LogP contribution in [0.1, 0.15) is 39.0 Å². The predicted molar refractivity (Wildman–Crippen MR) is 71.4 cm³/mol. The Bertz CT molecular complexity index is 387. The van der Waals surface area contributed by atoms with Crippen molar-refractivity contribution >= 4 is 16.0 Å². The fourth-order valence-electron chi connectivity index (χ4n) is 2.25. The van der Waals surface area contributed by atoms with Crippen LogP contribution >= 0.6 is 0 Å². The largest absolute Gasteiger partial charge is 0.481 e. The lowest BCUT2D eigenvalue weighted by molar-refractivity contribution is -0.142. The number of nitrogens with one attached hydrogen (secondary N) is 1. The van der Waals surface area contributed by atoms with Crippen molar-refractivity contribution in [2.24, 2.45) is 5.92 Å². The molecular weight excluding hydrogens is 270 g/mol. The van der Waals surface area contributed by atoms with Crippen LogP contribution in [-0.4, -0.2) is 44.5 Å². The second-order valence-corrected chi connectivity index (χ2v) is 7.27. The van der Waals surface area contributed by atoms with Crippen molar-refractivity contribution in [3.8, 4) is 0 Å². The van der Waals surface area contributed by atoms with E-state index in [1.54, 1.807) is 14.0 Å². The summed E-state index contributed by atoms with van der Waals surface area (Å²) >= 11 is 0. The zero-order chi connectivity index (χ0) is 14.5. The van der Waals surface area contributed by atoms with Crippen molar-refractivity contribution in [2.45, 2.75) is 50.3 Å². The number of ether oxygens (including phenoxy) is 1. The maximum atomic E-state index is 12.0. The molecule has 2 N–H and O–H groups in total. The second-order valence-electron chi connectivity index (χ2n) is 5.14. The molecule has 1 aliphatic carbocycles. The zero-order valence-electron chi connectivity index (χ0n) is 11.5. The van der Waals surface area contributed by atoms with Gasteiger partial charge in [0, 0.05) is 19.8 Å². The van der Waals surface area contributed by atoms with Crippen molar-refractivity contribution in [1.29, 1.82) is 0 Å². The summed E-state index contributed by atoms with van der Waals surface area (Å²) in [5.74, 6) is -1.11. The van der Waals surface area contributed by atoms with Gasteiger partial charge in [0.25, 0.3) is 0 Å². The van der Waals surface area contributed by atoms with E-state index in [0.717, 1.165) is 0 Å². The van der Waals surface area contributed by atoms with Gasteiger partial charge in [0.2, 0.25) is 10.0 Å². The van der Waals surface area contributed by atoms with Crippen LogP contribution in [0.5, 0.6) is 0 Å². The molecule has 1 rings (SSSR count). The van der Waals surface area contributed by atoms with Gasteiger partial charge in [-0.25, -0.2) is 13.1 Å². The highest BCUT2D eigenvalue weighted by atomic mass is 32.2. The monoisotopic (exact) mass is 293 g/mol. The van der Waals surface area contributed by atoms with Gasteiger partial charge >= 0.3 is 5.97 Å². The van der Waals surface area contributed by atoms with Crippen LogP contribution in [0, 0.1) is 5.92 Å². The number of sulfonamides is 1. The third-order valence-electron chi connectivity index (χ3n) is 3.67. The lowest BCUT2D eigenvalue weighted by atomic mass is 9.87. The standard InChI is InChI=1S/C12H23NO5S/c1-9(7-8-18-2)19(16,17)13-11-5-3-10(4-6-11)12(14)15/h9-11,13H,3-8H2,1-2H3,(H,14,15). The van der Waals surface area contributed by atoms with Crippen LogP contribution in [-0.2, 0) is 19.6 Å². The predicted octanol–water partition coefficient (Wildman–Crippen LogP) is 0.974.